The molecule has 3 rings (SSSR count). The summed E-state index contributed by atoms with van der Waals surface area (Å²) in [5.74, 6) is -0.0445. The zero-order valence-corrected chi connectivity index (χ0v) is 15.3. The second-order valence-corrected chi connectivity index (χ2v) is 6.49. The number of hydrogen-bond donors (Lipinski definition) is 2. The summed E-state index contributed by atoms with van der Waals surface area (Å²) in [6, 6.07) is 24.5. The Bertz CT molecular complexity index is 867. The predicted octanol–water partition coefficient (Wildman–Crippen LogP) is 4.94. The third-order valence-corrected chi connectivity index (χ3v) is 4.44. The maximum atomic E-state index is 12.4. The zero-order chi connectivity index (χ0) is 18.4. The van der Waals surface area contributed by atoms with Gasteiger partial charge in [-0.25, -0.2) is 0 Å². The van der Waals surface area contributed by atoms with Gasteiger partial charge in [-0.05, 0) is 48.6 Å². The predicted molar refractivity (Wildman–Crippen MR) is 109 cm³/mol. The molecule has 3 nitrogen and oxygen atoms in total. The number of anilines is 2. The number of benzene rings is 3. The Morgan fingerprint density at radius 2 is 1.46 bits per heavy atom. The molecule has 3 aromatic carbocycles. The average Bonchev–Trinajstić information content (AvgIpc) is 2.65. The second-order valence-electron chi connectivity index (χ2n) is 6.49. The Morgan fingerprint density at radius 1 is 0.808 bits per heavy atom. The summed E-state index contributed by atoms with van der Waals surface area (Å²) in [6.07, 6.45) is 0.836. The summed E-state index contributed by atoms with van der Waals surface area (Å²) in [4.78, 5) is 12.4. The molecule has 0 aliphatic heterocycles. The van der Waals surface area contributed by atoms with Crippen LogP contribution >= 0.6 is 0 Å². The summed E-state index contributed by atoms with van der Waals surface area (Å²) in [5.41, 5.74) is 6.47. The summed E-state index contributed by atoms with van der Waals surface area (Å²) in [6.45, 7) is 4.25. The first kappa shape index (κ1) is 17.7. The molecule has 3 heteroatoms. The fraction of sp³-hybridized carbons (Fsp3) is 0.174. The van der Waals surface area contributed by atoms with Crippen LogP contribution in [0.3, 0.4) is 0 Å². The maximum Gasteiger partial charge on any atom is 0.243 e. The highest BCUT2D eigenvalue weighted by Crippen LogP contribution is 2.21. The molecule has 0 aliphatic rings. The topological polar surface area (TPSA) is 41.1 Å². The van der Waals surface area contributed by atoms with Crippen LogP contribution in [-0.4, -0.2) is 12.5 Å². The van der Waals surface area contributed by atoms with Crippen LogP contribution in [0.2, 0.25) is 0 Å². The molecular formula is C23H24N2O. The minimum absolute atomic E-state index is 0.0445. The number of nitrogens with one attached hydrogen (secondary N) is 2. The summed E-state index contributed by atoms with van der Waals surface area (Å²) in [5, 5.41) is 6.30. The number of aryl methyl sites for hydroxylation is 2. The first-order chi connectivity index (χ1) is 12.6. The number of para-hydroxylation sites is 2. The van der Waals surface area contributed by atoms with E-state index in [9.17, 15) is 4.79 Å². The van der Waals surface area contributed by atoms with Crippen molar-refractivity contribution in [1.29, 1.82) is 0 Å². The van der Waals surface area contributed by atoms with Gasteiger partial charge >= 0.3 is 0 Å². The Labute approximate surface area is 155 Å². The Hall–Kier alpha value is -3.07. The van der Waals surface area contributed by atoms with E-state index in [1.54, 1.807) is 0 Å². The molecule has 1 amide bonds. The van der Waals surface area contributed by atoms with Crippen molar-refractivity contribution >= 4 is 17.3 Å². The highest BCUT2D eigenvalue weighted by molar-refractivity contribution is 5.95. The van der Waals surface area contributed by atoms with E-state index >= 15 is 0 Å². The van der Waals surface area contributed by atoms with E-state index in [1.807, 2.05) is 68.4 Å². The lowest BCUT2D eigenvalue weighted by Crippen LogP contribution is -2.23. The number of rotatable bonds is 6. The van der Waals surface area contributed by atoms with Crippen molar-refractivity contribution in [3.63, 3.8) is 0 Å². The van der Waals surface area contributed by atoms with E-state index in [0.717, 1.165) is 28.9 Å². The van der Waals surface area contributed by atoms with Crippen LogP contribution in [0.25, 0.3) is 0 Å². The van der Waals surface area contributed by atoms with Crippen LogP contribution in [0, 0.1) is 13.8 Å². The van der Waals surface area contributed by atoms with Crippen LogP contribution in [0.1, 0.15) is 22.3 Å². The molecule has 0 bridgehead atoms. The van der Waals surface area contributed by atoms with Crippen molar-refractivity contribution in [3.05, 3.63) is 95.1 Å². The van der Waals surface area contributed by atoms with Crippen LogP contribution in [0.5, 0.6) is 0 Å². The SMILES string of the molecule is Cc1cccc(C)c1NC(=O)CNc1ccccc1Cc1ccccc1. The third kappa shape index (κ3) is 4.51. The fourth-order valence-electron chi connectivity index (χ4n) is 3.03. The molecule has 0 radical (unpaired) electrons. The van der Waals surface area contributed by atoms with Crippen molar-refractivity contribution in [1.82, 2.24) is 0 Å². The molecule has 0 spiro atoms. The molecule has 0 atom stereocenters. The number of hydrogen-bond acceptors (Lipinski definition) is 2. The Balaban J connectivity index is 1.65. The van der Waals surface area contributed by atoms with Gasteiger partial charge in [-0.1, -0.05) is 66.7 Å². The van der Waals surface area contributed by atoms with Gasteiger partial charge in [-0.3, -0.25) is 4.79 Å². The third-order valence-electron chi connectivity index (χ3n) is 4.44. The number of carbonyl (C=O) groups excluding carboxylic acids is 1. The lowest BCUT2D eigenvalue weighted by molar-refractivity contribution is -0.114. The van der Waals surface area contributed by atoms with Crippen LogP contribution in [-0.2, 0) is 11.2 Å². The quantitative estimate of drug-likeness (QED) is 0.664. The van der Waals surface area contributed by atoms with Gasteiger partial charge in [-0.2, -0.15) is 0 Å². The molecule has 26 heavy (non-hydrogen) atoms. The van der Waals surface area contributed by atoms with Crippen LogP contribution in [0.4, 0.5) is 11.4 Å². The van der Waals surface area contributed by atoms with Crippen molar-refractivity contribution in [2.24, 2.45) is 0 Å². The molecule has 0 aliphatic carbocycles. The average molecular weight is 344 g/mol. The Morgan fingerprint density at radius 3 is 2.19 bits per heavy atom. The van der Waals surface area contributed by atoms with Crippen molar-refractivity contribution in [2.45, 2.75) is 20.3 Å². The van der Waals surface area contributed by atoms with Gasteiger partial charge in [0.25, 0.3) is 0 Å². The van der Waals surface area contributed by atoms with E-state index in [2.05, 4.69) is 28.8 Å². The van der Waals surface area contributed by atoms with Gasteiger partial charge < -0.3 is 10.6 Å². The molecule has 0 aromatic heterocycles. The first-order valence-electron chi connectivity index (χ1n) is 8.85. The summed E-state index contributed by atoms with van der Waals surface area (Å²) < 4.78 is 0. The van der Waals surface area contributed by atoms with E-state index in [1.165, 1.54) is 11.1 Å². The molecule has 0 saturated heterocycles. The number of amides is 1. The van der Waals surface area contributed by atoms with Crippen LogP contribution in [0.15, 0.2) is 72.8 Å². The van der Waals surface area contributed by atoms with Gasteiger partial charge in [0.2, 0.25) is 5.91 Å². The first-order valence-corrected chi connectivity index (χ1v) is 8.85. The lowest BCUT2D eigenvalue weighted by atomic mass is 10.0. The Kier molecular flexibility index (Phi) is 5.69. The molecule has 0 fully saturated rings. The minimum atomic E-state index is -0.0445. The van der Waals surface area contributed by atoms with Gasteiger partial charge in [0, 0.05) is 11.4 Å². The highest BCUT2D eigenvalue weighted by atomic mass is 16.1. The second kappa shape index (κ2) is 8.34. The normalized spacial score (nSPS) is 10.4. The van der Waals surface area contributed by atoms with Gasteiger partial charge in [0.15, 0.2) is 0 Å². The van der Waals surface area contributed by atoms with Gasteiger partial charge in [0.1, 0.15) is 0 Å². The minimum Gasteiger partial charge on any atom is -0.376 e. The fourth-order valence-corrected chi connectivity index (χ4v) is 3.03. The van der Waals surface area contributed by atoms with E-state index < -0.39 is 0 Å². The van der Waals surface area contributed by atoms with E-state index in [0.29, 0.717) is 0 Å². The molecule has 2 N–H and O–H groups in total. The lowest BCUT2D eigenvalue weighted by Gasteiger charge is -2.14. The van der Waals surface area contributed by atoms with Crippen LogP contribution < -0.4 is 10.6 Å². The zero-order valence-electron chi connectivity index (χ0n) is 15.3. The highest BCUT2D eigenvalue weighted by Gasteiger charge is 2.08. The molecule has 132 valence electrons. The molecule has 0 heterocycles. The number of carbonyl (C=O) groups is 1. The summed E-state index contributed by atoms with van der Waals surface area (Å²) >= 11 is 0. The largest absolute Gasteiger partial charge is 0.376 e. The van der Waals surface area contributed by atoms with Crippen molar-refractivity contribution in [2.75, 3.05) is 17.2 Å². The smallest absolute Gasteiger partial charge is 0.243 e. The monoisotopic (exact) mass is 344 g/mol. The molecular weight excluding hydrogens is 320 g/mol. The van der Waals surface area contributed by atoms with Crippen molar-refractivity contribution < 1.29 is 4.79 Å². The molecule has 0 unspecified atom stereocenters. The molecule has 3 aromatic rings. The van der Waals surface area contributed by atoms with Gasteiger partial charge in [0.05, 0.1) is 6.54 Å². The summed E-state index contributed by atoms with van der Waals surface area (Å²) in [7, 11) is 0. The van der Waals surface area contributed by atoms with Gasteiger partial charge in [-0.15, -0.1) is 0 Å². The van der Waals surface area contributed by atoms with E-state index in [4.69, 9.17) is 0 Å². The standard InChI is InChI=1S/C23H24N2O/c1-17-9-8-10-18(2)23(17)25-22(26)16-24-21-14-7-6-13-20(21)15-19-11-4-3-5-12-19/h3-14,24H,15-16H2,1-2H3,(H,25,26). The van der Waals surface area contributed by atoms with E-state index in [-0.39, 0.29) is 12.5 Å². The van der Waals surface area contributed by atoms with Crippen molar-refractivity contribution in [3.8, 4) is 0 Å². The maximum absolute atomic E-state index is 12.4. The molecule has 0 saturated carbocycles.